The number of amides is 1. The third-order valence-electron chi connectivity index (χ3n) is 7.18. The van der Waals surface area contributed by atoms with Gasteiger partial charge in [-0.3, -0.25) is 4.79 Å². The van der Waals surface area contributed by atoms with E-state index in [9.17, 15) is 14.4 Å². The first-order valence-corrected chi connectivity index (χ1v) is 13.0. The lowest BCUT2D eigenvalue weighted by Crippen LogP contribution is -2.39. The second-order valence-electron chi connectivity index (χ2n) is 10.0. The lowest BCUT2D eigenvalue weighted by molar-refractivity contribution is -0.127. The van der Waals surface area contributed by atoms with E-state index in [4.69, 9.17) is 10.5 Å². The van der Waals surface area contributed by atoms with Crippen molar-refractivity contribution in [1.82, 2.24) is 24.6 Å². The number of carbonyl (C=O) groups is 1. The van der Waals surface area contributed by atoms with Gasteiger partial charge < -0.3 is 15.4 Å². The summed E-state index contributed by atoms with van der Waals surface area (Å²) in [5.41, 5.74) is 7.21. The van der Waals surface area contributed by atoms with Crippen molar-refractivity contribution in [3.05, 3.63) is 72.1 Å². The first kappa shape index (κ1) is 25.4. The molecule has 2 aromatic heterocycles. The number of halogens is 2. The number of carbonyl (C=O) groups excluding carboxylic acids is 1. The number of aromatic nitrogens is 4. The van der Waals surface area contributed by atoms with Gasteiger partial charge >= 0.3 is 0 Å². The molecule has 1 saturated carbocycles. The van der Waals surface area contributed by atoms with Gasteiger partial charge in [0.15, 0.2) is 5.65 Å². The Bertz CT molecular complexity index is 1690. The quantitative estimate of drug-likeness (QED) is 0.258. The smallest absolute Gasteiger partial charge is 0.264 e. The minimum Gasteiger partial charge on any atom is -0.457 e. The molecule has 2 aromatic carbocycles. The summed E-state index contributed by atoms with van der Waals surface area (Å²) in [6, 6.07) is 11.7. The van der Waals surface area contributed by atoms with Crippen LogP contribution in [0.5, 0.6) is 11.5 Å². The Morgan fingerprint density at radius 3 is 2.73 bits per heavy atom. The van der Waals surface area contributed by atoms with Crippen LogP contribution in [0.15, 0.2) is 60.4 Å². The van der Waals surface area contributed by atoms with Crippen LogP contribution in [0.1, 0.15) is 25.7 Å². The number of rotatable bonds is 7. The molecule has 1 aliphatic carbocycles. The summed E-state index contributed by atoms with van der Waals surface area (Å²) < 4.78 is 36.2. The summed E-state index contributed by atoms with van der Waals surface area (Å²) in [7, 11) is 0. The van der Waals surface area contributed by atoms with Gasteiger partial charge in [-0.25, -0.2) is 23.4 Å². The van der Waals surface area contributed by atoms with Crippen molar-refractivity contribution in [3.8, 4) is 28.8 Å². The van der Waals surface area contributed by atoms with E-state index in [0.29, 0.717) is 30.0 Å². The fraction of sp³-hybridized carbons (Fsp3) is 0.276. The van der Waals surface area contributed by atoms with E-state index in [1.807, 2.05) is 0 Å². The van der Waals surface area contributed by atoms with Gasteiger partial charge in [0.05, 0.1) is 18.0 Å². The number of anilines is 1. The monoisotopic (exact) mass is 541 g/mol. The Kier molecular flexibility index (Phi) is 6.59. The molecule has 11 heteroatoms. The van der Waals surface area contributed by atoms with Crippen molar-refractivity contribution in [2.75, 3.05) is 12.3 Å². The summed E-state index contributed by atoms with van der Waals surface area (Å²) in [6.45, 7) is 0.834. The highest BCUT2D eigenvalue weighted by atomic mass is 19.1. The Morgan fingerprint density at radius 1 is 1.15 bits per heavy atom. The molecule has 9 nitrogen and oxygen atoms in total. The number of nitrogen functional groups attached to an aromatic ring is 1. The molecule has 40 heavy (non-hydrogen) atoms. The zero-order valence-electron chi connectivity index (χ0n) is 21.4. The summed E-state index contributed by atoms with van der Waals surface area (Å²) >= 11 is 0. The lowest BCUT2D eigenvalue weighted by Gasteiger charge is -2.24. The van der Waals surface area contributed by atoms with E-state index in [1.165, 1.54) is 36.7 Å². The minimum atomic E-state index is -0.620. The van der Waals surface area contributed by atoms with Gasteiger partial charge in [0.25, 0.3) is 5.91 Å². The molecule has 202 valence electrons. The molecule has 0 bridgehead atoms. The van der Waals surface area contributed by atoms with Gasteiger partial charge in [0.2, 0.25) is 0 Å². The maximum atomic E-state index is 15.4. The van der Waals surface area contributed by atoms with E-state index >= 15 is 4.39 Å². The molecular weight excluding hydrogens is 516 g/mol. The molecule has 4 aromatic rings. The van der Waals surface area contributed by atoms with Gasteiger partial charge in [0.1, 0.15) is 52.6 Å². The zero-order valence-corrected chi connectivity index (χ0v) is 21.4. The fourth-order valence-electron chi connectivity index (χ4n) is 5.07. The van der Waals surface area contributed by atoms with E-state index < -0.39 is 11.6 Å². The first-order chi connectivity index (χ1) is 19.4. The second-order valence-corrected chi connectivity index (χ2v) is 10.0. The number of benzene rings is 2. The third-order valence-corrected chi connectivity index (χ3v) is 7.18. The lowest BCUT2D eigenvalue weighted by atomic mass is 10.1. The normalized spacial score (nSPS) is 17.3. The number of fused-ring (bicyclic) bond motifs is 1. The van der Waals surface area contributed by atoms with Gasteiger partial charge in [-0.05, 0) is 55.9 Å². The number of allylic oxidation sites excluding steroid dienone is 1. The van der Waals surface area contributed by atoms with Gasteiger partial charge in [-0.15, -0.1) is 0 Å². The summed E-state index contributed by atoms with van der Waals surface area (Å²) in [5.74, 6) is -0.490. The highest BCUT2D eigenvalue weighted by Crippen LogP contribution is 2.35. The van der Waals surface area contributed by atoms with Crippen LogP contribution < -0.4 is 10.5 Å². The Labute approximate surface area is 228 Å². The predicted octanol–water partition coefficient (Wildman–Crippen LogP) is 5.00. The van der Waals surface area contributed by atoms with Gasteiger partial charge in [-0.2, -0.15) is 10.4 Å². The van der Waals surface area contributed by atoms with Crippen LogP contribution in [0.2, 0.25) is 0 Å². The maximum absolute atomic E-state index is 15.4. The van der Waals surface area contributed by atoms with E-state index in [2.05, 4.69) is 21.1 Å². The molecule has 6 rings (SSSR count). The fourth-order valence-corrected chi connectivity index (χ4v) is 5.07. The van der Waals surface area contributed by atoms with Crippen molar-refractivity contribution >= 4 is 22.8 Å². The molecule has 3 heterocycles. The summed E-state index contributed by atoms with van der Waals surface area (Å²) in [4.78, 5) is 23.4. The van der Waals surface area contributed by atoms with Crippen LogP contribution in [-0.2, 0) is 11.3 Å². The minimum absolute atomic E-state index is 0.143. The molecule has 0 spiro atoms. The molecule has 2 aliphatic rings. The largest absolute Gasteiger partial charge is 0.457 e. The van der Waals surface area contributed by atoms with Crippen molar-refractivity contribution in [1.29, 1.82) is 5.26 Å². The van der Waals surface area contributed by atoms with Gasteiger partial charge in [-0.1, -0.05) is 12.1 Å². The Hall–Kier alpha value is -4.85. The molecule has 0 radical (unpaired) electrons. The zero-order chi connectivity index (χ0) is 27.8. The number of nitrogens with two attached hydrogens (primary N) is 1. The molecule has 1 aliphatic heterocycles. The number of nitriles is 1. The first-order valence-electron chi connectivity index (χ1n) is 13.0. The third kappa shape index (κ3) is 4.96. The average Bonchev–Trinajstić information content (AvgIpc) is 3.51. The number of likely N-dealkylation sites (tertiary alicyclic amines) is 1. The number of ether oxygens (including phenoxy) is 1. The molecule has 2 fully saturated rings. The maximum Gasteiger partial charge on any atom is 0.264 e. The SMILES string of the molecule is N#C/C(=C/C1CC1)C(=O)N1CCC[C@@H]1Cn1nc(-c2ccc(Oc3cccc(F)c3)cc2F)c2c(N)ncnc21. The number of hydrogen-bond acceptors (Lipinski definition) is 7. The van der Waals surface area contributed by atoms with Crippen molar-refractivity contribution in [3.63, 3.8) is 0 Å². The molecule has 1 atom stereocenters. The highest BCUT2D eigenvalue weighted by molar-refractivity contribution is 5.99. The van der Waals surface area contributed by atoms with Crippen molar-refractivity contribution in [2.24, 2.45) is 5.92 Å². The molecule has 1 saturated heterocycles. The van der Waals surface area contributed by atoms with Crippen LogP contribution in [-0.4, -0.2) is 43.1 Å². The topological polar surface area (TPSA) is 123 Å². The van der Waals surface area contributed by atoms with E-state index in [-0.39, 0.29) is 46.1 Å². The second kappa shape index (κ2) is 10.4. The molecule has 2 N–H and O–H groups in total. The van der Waals surface area contributed by atoms with E-state index in [1.54, 1.807) is 27.8 Å². The van der Waals surface area contributed by atoms with Crippen LogP contribution in [0.4, 0.5) is 14.6 Å². The summed E-state index contributed by atoms with van der Waals surface area (Å²) in [5, 5.41) is 14.6. The van der Waals surface area contributed by atoms with Gasteiger partial charge in [0, 0.05) is 24.2 Å². The standard InChI is InChI=1S/C29H25F2N7O2/c30-19-3-1-5-21(12-19)40-22-8-9-23(24(31)13-22)26-25-27(33)34-16-35-28(25)38(36-26)15-20-4-2-10-37(20)29(39)18(14-32)11-17-6-7-17/h1,3,5,8-9,11-13,16-17,20H,2,4,6-7,10,15H2,(H2,33,34,35)/b18-11-/t20-/m1/s1. The van der Waals surface area contributed by atoms with Crippen molar-refractivity contribution in [2.45, 2.75) is 38.3 Å². The molecular formula is C29H25F2N7O2. The summed E-state index contributed by atoms with van der Waals surface area (Å²) in [6.07, 6.45) is 6.61. The average molecular weight is 542 g/mol. The van der Waals surface area contributed by atoms with Crippen LogP contribution in [0.25, 0.3) is 22.3 Å². The van der Waals surface area contributed by atoms with Crippen LogP contribution in [0.3, 0.4) is 0 Å². The molecule has 1 amide bonds. The van der Waals surface area contributed by atoms with Crippen LogP contribution >= 0.6 is 0 Å². The molecule has 0 unspecified atom stereocenters. The Balaban J connectivity index is 1.31. The number of hydrogen-bond donors (Lipinski definition) is 1. The number of nitrogens with zero attached hydrogens (tertiary/aromatic N) is 6. The van der Waals surface area contributed by atoms with Crippen LogP contribution in [0, 0.1) is 28.9 Å². The van der Waals surface area contributed by atoms with Crippen molar-refractivity contribution < 1.29 is 18.3 Å². The Morgan fingerprint density at radius 2 is 1.98 bits per heavy atom. The highest BCUT2D eigenvalue weighted by Gasteiger charge is 2.33. The van der Waals surface area contributed by atoms with E-state index in [0.717, 1.165) is 25.7 Å². The predicted molar refractivity (Wildman–Crippen MR) is 143 cm³/mol.